The average molecular weight is 180 g/mol. The average Bonchev–Trinajstić information content (AvgIpc) is 2.04. The molecule has 0 aliphatic rings. The molecule has 0 aromatic rings. The van der Waals surface area contributed by atoms with Gasteiger partial charge in [0, 0.05) is 13.5 Å². The van der Waals surface area contributed by atoms with Gasteiger partial charge in [0.15, 0.2) is 0 Å². The van der Waals surface area contributed by atoms with E-state index in [1.54, 1.807) is 0 Å². The monoisotopic (exact) mass is 180 g/mol. The fourth-order valence-corrected chi connectivity index (χ4v) is 1.04. The topological polar surface area (TPSA) is 9.23 Å². The van der Waals surface area contributed by atoms with Gasteiger partial charge in [-0.3, -0.25) is 0 Å². The van der Waals surface area contributed by atoms with Crippen LogP contribution in [0.5, 0.6) is 0 Å². The van der Waals surface area contributed by atoms with Crippen molar-refractivity contribution in [1.29, 1.82) is 0 Å². The van der Waals surface area contributed by atoms with E-state index >= 15 is 0 Å². The first-order valence-corrected chi connectivity index (χ1v) is 4.55. The minimum Gasteiger partial charge on any atom is -0.324 e. The maximum Gasteiger partial charge on any atom is 0.355 e. The lowest BCUT2D eigenvalue weighted by atomic mass is 10.1. The first-order chi connectivity index (χ1) is 5.62. The number of unbranched alkanes of at least 4 members (excludes halogenated alkanes) is 4. The van der Waals surface area contributed by atoms with Crippen LogP contribution >= 0.6 is 0 Å². The van der Waals surface area contributed by atoms with Crippen molar-refractivity contribution < 1.29 is 13.5 Å². The number of halogens is 2. The van der Waals surface area contributed by atoms with E-state index in [1.165, 1.54) is 0 Å². The number of alkyl halides is 2. The molecule has 0 fully saturated rings. The maximum absolute atomic E-state index is 12.4. The molecule has 0 aliphatic carbocycles. The molecule has 0 aromatic carbocycles. The highest BCUT2D eigenvalue weighted by atomic mass is 19.3. The predicted octanol–water partition coefficient (Wildman–Crippen LogP) is 3.59. The zero-order valence-corrected chi connectivity index (χ0v) is 7.91. The maximum atomic E-state index is 12.4. The summed E-state index contributed by atoms with van der Waals surface area (Å²) in [4.78, 5) is 0. The van der Waals surface area contributed by atoms with E-state index in [9.17, 15) is 8.78 Å². The van der Waals surface area contributed by atoms with Crippen LogP contribution in [0.25, 0.3) is 0 Å². The van der Waals surface area contributed by atoms with Gasteiger partial charge in [-0.05, 0) is 6.42 Å². The molecule has 1 nitrogen and oxygen atoms in total. The van der Waals surface area contributed by atoms with E-state index < -0.39 is 6.11 Å². The highest BCUT2D eigenvalue weighted by molar-refractivity contribution is 4.52. The van der Waals surface area contributed by atoms with Crippen molar-refractivity contribution >= 4 is 0 Å². The van der Waals surface area contributed by atoms with Gasteiger partial charge in [0.2, 0.25) is 0 Å². The van der Waals surface area contributed by atoms with Crippen molar-refractivity contribution in [2.45, 2.75) is 51.6 Å². The molecule has 0 N–H and O–H groups in total. The predicted molar refractivity (Wildman–Crippen MR) is 45.3 cm³/mol. The Balaban J connectivity index is 3.19. The van der Waals surface area contributed by atoms with Gasteiger partial charge in [-0.25, -0.2) is 0 Å². The van der Waals surface area contributed by atoms with Crippen molar-refractivity contribution in [2.75, 3.05) is 7.11 Å². The van der Waals surface area contributed by atoms with Crippen molar-refractivity contribution in [3.8, 4) is 0 Å². The van der Waals surface area contributed by atoms with Crippen LogP contribution in [0, 0.1) is 0 Å². The smallest absolute Gasteiger partial charge is 0.324 e. The van der Waals surface area contributed by atoms with Crippen molar-refractivity contribution in [1.82, 2.24) is 0 Å². The molecule has 0 spiro atoms. The zero-order valence-electron chi connectivity index (χ0n) is 7.91. The second kappa shape index (κ2) is 6.35. The number of rotatable bonds is 7. The SMILES string of the molecule is CCCCCCCC(F)(F)OC. The third kappa shape index (κ3) is 6.53. The first kappa shape index (κ1) is 11.8. The number of hydrogen-bond acceptors (Lipinski definition) is 1. The minimum atomic E-state index is -2.91. The lowest BCUT2D eigenvalue weighted by Crippen LogP contribution is -2.17. The molecule has 0 amide bonds. The van der Waals surface area contributed by atoms with E-state index in [4.69, 9.17) is 0 Å². The Morgan fingerprint density at radius 2 is 1.67 bits per heavy atom. The molecule has 0 bridgehead atoms. The summed E-state index contributed by atoms with van der Waals surface area (Å²) in [6, 6.07) is 0. The van der Waals surface area contributed by atoms with Gasteiger partial charge in [-0.2, -0.15) is 8.78 Å². The van der Waals surface area contributed by atoms with Crippen LogP contribution in [0.1, 0.15) is 45.4 Å². The van der Waals surface area contributed by atoms with E-state index in [-0.39, 0.29) is 6.42 Å². The summed E-state index contributed by atoms with van der Waals surface area (Å²) < 4.78 is 28.9. The second-order valence-electron chi connectivity index (χ2n) is 3.01. The Morgan fingerprint density at radius 1 is 1.08 bits per heavy atom. The number of ether oxygens (including phenoxy) is 1. The van der Waals surface area contributed by atoms with Crippen molar-refractivity contribution in [3.05, 3.63) is 0 Å². The van der Waals surface area contributed by atoms with Crippen LogP contribution in [0.4, 0.5) is 8.78 Å². The Hall–Kier alpha value is -0.180. The Bertz CT molecular complexity index is 105. The zero-order chi connectivity index (χ0) is 9.45. The molecular formula is C9H18F2O. The normalized spacial score (nSPS) is 12.0. The van der Waals surface area contributed by atoms with E-state index in [2.05, 4.69) is 11.7 Å². The quantitative estimate of drug-likeness (QED) is 0.544. The van der Waals surface area contributed by atoms with Crippen LogP contribution < -0.4 is 0 Å². The Kier molecular flexibility index (Phi) is 6.25. The molecule has 0 atom stereocenters. The van der Waals surface area contributed by atoms with E-state index in [0.717, 1.165) is 32.8 Å². The van der Waals surface area contributed by atoms with E-state index in [1.807, 2.05) is 0 Å². The lowest BCUT2D eigenvalue weighted by Gasteiger charge is -2.12. The molecule has 0 saturated carbocycles. The molecule has 12 heavy (non-hydrogen) atoms. The van der Waals surface area contributed by atoms with Crippen molar-refractivity contribution in [3.63, 3.8) is 0 Å². The van der Waals surface area contributed by atoms with Gasteiger partial charge < -0.3 is 4.74 Å². The molecule has 0 saturated heterocycles. The minimum absolute atomic E-state index is 0.146. The first-order valence-electron chi connectivity index (χ1n) is 4.55. The molecule has 0 radical (unpaired) electrons. The van der Waals surface area contributed by atoms with Gasteiger partial charge >= 0.3 is 6.11 Å². The largest absolute Gasteiger partial charge is 0.355 e. The number of methoxy groups -OCH3 is 1. The highest BCUT2D eigenvalue weighted by Gasteiger charge is 2.26. The summed E-state index contributed by atoms with van der Waals surface area (Å²) in [5.74, 6) is 0. The Labute approximate surface area is 73.1 Å². The van der Waals surface area contributed by atoms with Gasteiger partial charge in [0.05, 0.1) is 0 Å². The summed E-state index contributed by atoms with van der Waals surface area (Å²) in [6.07, 6.45) is 1.71. The van der Waals surface area contributed by atoms with Crippen molar-refractivity contribution in [2.24, 2.45) is 0 Å². The molecule has 0 rings (SSSR count). The van der Waals surface area contributed by atoms with Gasteiger partial charge in [-0.1, -0.05) is 32.6 Å². The molecular weight excluding hydrogens is 162 g/mol. The van der Waals surface area contributed by atoms with Crippen LogP contribution in [-0.2, 0) is 4.74 Å². The third-order valence-electron chi connectivity index (χ3n) is 1.87. The van der Waals surface area contributed by atoms with Crippen LogP contribution in [-0.4, -0.2) is 13.2 Å². The van der Waals surface area contributed by atoms with Gasteiger partial charge in [0.25, 0.3) is 0 Å². The highest BCUT2D eigenvalue weighted by Crippen LogP contribution is 2.22. The standard InChI is InChI=1S/C9H18F2O/c1-3-4-5-6-7-8-9(10,11)12-2/h3-8H2,1-2H3. The van der Waals surface area contributed by atoms with Crippen LogP contribution in [0.15, 0.2) is 0 Å². The fraction of sp³-hybridized carbons (Fsp3) is 1.00. The lowest BCUT2D eigenvalue weighted by molar-refractivity contribution is -0.225. The molecule has 0 unspecified atom stereocenters. The van der Waals surface area contributed by atoms with Gasteiger partial charge in [0.1, 0.15) is 0 Å². The number of hydrogen-bond donors (Lipinski definition) is 0. The molecule has 3 heteroatoms. The summed E-state index contributed by atoms with van der Waals surface area (Å²) in [5, 5.41) is 0. The van der Waals surface area contributed by atoms with Crippen LogP contribution in [0.3, 0.4) is 0 Å². The molecule has 0 aliphatic heterocycles. The van der Waals surface area contributed by atoms with E-state index in [0.29, 0.717) is 6.42 Å². The summed E-state index contributed by atoms with van der Waals surface area (Å²) in [7, 11) is 1.05. The van der Waals surface area contributed by atoms with Gasteiger partial charge in [-0.15, -0.1) is 0 Å². The van der Waals surface area contributed by atoms with Crippen LogP contribution in [0.2, 0.25) is 0 Å². The second-order valence-corrected chi connectivity index (χ2v) is 3.01. The molecule has 0 heterocycles. The molecule has 0 aromatic heterocycles. The Morgan fingerprint density at radius 3 is 2.17 bits per heavy atom. The molecule has 74 valence electrons. The third-order valence-corrected chi connectivity index (χ3v) is 1.87. The fourth-order valence-electron chi connectivity index (χ4n) is 1.04. The summed E-state index contributed by atoms with van der Waals surface area (Å²) in [6.45, 7) is 2.10. The summed E-state index contributed by atoms with van der Waals surface area (Å²) >= 11 is 0. The summed E-state index contributed by atoms with van der Waals surface area (Å²) in [5.41, 5.74) is 0.